The van der Waals surface area contributed by atoms with Crippen LogP contribution in [0.3, 0.4) is 0 Å². The summed E-state index contributed by atoms with van der Waals surface area (Å²) in [5.74, 6) is 0.478. The van der Waals surface area contributed by atoms with E-state index in [2.05, 4.69) is 13.8 Å². The summed E-state index contributed by atoms with van der Waals surface area (Å²) in [6.45, 7) is 5.69. The summed E-state index contributed by atoms with van der Waals surface area (Å²) in [5.41, 5.74) is 1.95. The lowest BCUT2D eigenvalue weighted by Gasteiger charge is -2.50. The van der Waals surface area contributed by atoms with Crippen molar-refractivity contribution in [3.05, 3.63) is 35.4 Å². The molecule has 0 N–H and O–H groups in total. The van der Waals surface area contributed by atoms with Crippen molar-refractivity contribution in [2.75, 3.05) is 33.9 Å². The van der Waals surface area contributed by atoms with E-state index in [0.717, 1.165) is 24.8 Å². The Morgan fingerprint density at radius 3 is 2.18 bits per heavy atom. The molecule has 28 heavy (non-hydrogen) atoms. The van der Waals surface area contributed by atoms with Gasteiger partial charge in [-0.25, -0.2) is 0 Å². The number of carbonyl (C=O) groups is 2. The highest BCUT2D eigenvalue weighted by molar-refractivity contribution is 5.94. The van der Waals surface area contributed by atoms with E-state index < -0.39 is 6.10 Å². The first-order chi connectivity index (χ1) is 13.5. The predicted molar refractivity (Wildman–Crippen MR) is 107 cm³/mol. The number of piperidine rings is 1. The Bertz CT molecular complexity index is 674. The number of hydrogen-bond acceptors (Lipinski definition) is 4. The van der Waals surface area contributed by atoms with Crippen LogP contribution in [0.4, 0.5) is 0 Å². The number of benzene rings is 1. The Kier molecular flexibility index (Phi) is 6.73. The third kappa shape index (κ3) is 4.23. The third-order valence-corrected chi connectivity index (χ3v) is 5.97. The van der Waals surface area contributed by atoms with Gasteiger partial charge in [-0.15, -0.1) is 0 Å². The first-order valence-corrected chi connectivity index (χ1v) is 10.2. The maximum absolute atomic E-state index is 13.1. The Morgan fingerprint density at radius 1 is 1.07 bits per heavy atom. The second-order valence-electron chi connectivity index (χ2n) is 8.15. The normalized spacial score (nSPS) is 23.0. The Balaban J connectivity index is 1.73. The number of fused-ring (bicyclic) bond motifs is 2. The zero-order valence-corrected chi connectivity index (χ0v) is 17.4. The number of methoxy groups -OCH3 is 2. The third-order valence-electron chi connectivity index (χ3n) is 5.97. The van der Waals surface area contributed by atoms with E-state index >= 15 is 0 Å². The van der Waals surface area contributed by atoms with Crippen LogP contribution in [0.5, 0.6) is 0 Å². The van der Waals surface area contributed by atoms with Gasteiger partial charge in [-0.3, -0.25) is 9.59 Å². The minimum absolute atomic E-state index is 0.0209. The fourth-order valence-corrected chi connectivity index (χ4v) is 4.38. The monoisotopic (exact) mass is 388 g/mol. The summed E-state index contributed by atoms with van der Waals surface area (Å²) in [6, 6.07) is 8.01. The first-order valence-electron chi connectivity index (χ1n) is 10.2. The topological polar surface area (TPSA) is 59.1 Å². The van der Waals surface area contributed by atoms with Gasteiger partial charge in [-0.05, 0) is 42.9 Å². The molecule has 3 atom stereocenters. The molecule has 1 aromatic rings. The van der Waals surface area contributed by atoms with E-state index in [4.69, 9.17) is 9.47 Å². The Morgan fingerprint density at radius 2 is 1.68 bits per heavy atom. The van der Waals surface area contributed by atoms with Crippen LogP contribution in [-0.2, 0) is 14.3 Å². The van der Waals surface area contributed by atoms with Crippen molar-refractivity contribution in [2.24, 2.45) is 0 Å². The smallest absolute Gasteiger partial charge is 0.254 e. The van der Waals surface area contributed by atoms with Crippen molar-refractivity contribution < 1.29 is 19.1 Å². The summed E-state index contributed by atoms with van der Waals surface area (Å²) in [4.78, 5) is 29.9. The van der Waals surface area contributed by atoms with Crippen LogP contribution in [0.2, 0.25) is 0 Å². The highest BCUT2D eigenvalue weighted by atomic mass is 16.5. The number of nitrogens with zero attached hydrogens (tertiary/aromatic N) is 2. The lowest BCUT2D eigenvalue weighted by molar-refractivity contribution is -0.156. The van der Waals surface area contributed by atoms with Crippen molar-refractivity contribution in [1.29, 1.82) is 0 Å². The molecule has 154 valence electrons. The highest BCUT2D eigenvalue weighted by Gasteiger charge is 2.43. The Hall–Kier alpha value is -1.92. The summed E-state index contributed by atoms with van der Waals surface area (Å²) in [6.07, 6.45) is 2.34. The second kappa shape index (κ2) is 9.05. The van der Waals surface area contributed by atoms with Crippen molar-refractivity contribution in [1.82, 2.24) is 9.80 Å². The van der Waals surface area contributed by atoms with Crippen LogP contribution in [-0.4, -0.2) is 73.7 Å². The van der Waals surface area contributed by atoms with E-state index in [9.17, 15) is 9.59 Å². The van der Waals surface area contributed by atoms with Gasteiger partial charge in [-0.1, -0.05) is 26.0 Å². The molecule has 2 fully saturated rings. The van der Waals surface area contributed by atoms with Crippen LogP contribution in [0.1, 0.15) is 54.9 Å². The van der Waals surface area contributed by atoms with E-state index in [-0.39, 0.29) is 30.5 Å². The molecule has 2 saturated heterocycles. The van der Waals surface area contributed by atoms with Gasteiger partial charge in [0.1, 0.15) is 0 Å². The molecule has 0 spiro atoms. The summed E-state index contributed by atoms with van der Waals surface area (Å²) in [5, 5.41) is 0. The lowest BCUT2D eigenvalue weighted by Crippen LogP contribution is -2.65. The van der Waals surface area contributed by atoms with E-state index in [0.29, 0.717) is 19.0 Å². The molecule has 2 bridgehead atoms. The minimum atomic E-state index is -0.584. The van der Waals surface area contributed by atoms with Crippen LogP contribution in [0.25, 0.3) is 0 Å². The molecule has 2 amide bonds. The van der Waals surface area contributed by atoms with Gasteiger partial charge < -0.3 is 19.3 Å². The van der Waals surface area contributed by atoms with Crippen LogP contribution < -0.4 is 0 Å². The molecule has 2 heterocycles. The molecule has 0 radical (unpaired) electrons. The summed E-state index contributed by atoms with van der Waals surface area (Å²) < 4.78 is 10.5. The number of rotatable bonds is 6. The maximum atomic E-state index is 13.1. The Labute approximate surface area is 167 Å². The number of piperazine rings is 1. The second-order valence-corrected chi connectivity index (χ2v) is 8.15. The van der Waals surface area contributed by atoms with Gasteiger partial charge >= 0.3 is 0 Å². The molecule has 3 unspecified atom stereocenters. The summed E-state index contributed by atoms with van der Waals surface area (Å²) >= 11 is 0. The molecule has 0 aliphatic carbocycles. The first kappa shape index (κ1) is 20.8. The van der Waals surface area contributed by atoms with Gasteiger partial charge in [0, 0.05) is 45.0 Å². The quantitative estimate of drug-likeness (QED) is 0.752. The van der Waals surface area contributed by atoms with E-state index in [1.807, 2.05) is 34.1 Å². The van der Waals surface area contributed by atoms with Crippen molar-refractivity contribution in [2.45, 2.75) is 57.2 Å². The van der Waals surface area contributed by atoms with E-state index in [1.165, 1.54) is 12.7 Å². The molecule has 6 nitrogen and oxygen atoms in total. The number of ether oxygens (including phenoxy) is 2. The molecule has 2 aliphatic rings. The minimum Gasteiger partial charge on any atom is -0.381 e. The van der Waals surface area contributed by atoms with Crippen LogP contribution in [0.15, 0.2) is 24.3 Å². The number of hydrogen-bond donors (Lipinski definition) is 0. The molecule has 0 saturated carbocycles. The zero-order valence-electron chi connectivity index (χ0n) is 17.4. The molecule has 2 aliphatic heterocycles. The molecular formula is C22H32N2O4. The van der Waals surface area contributed by atoms with Crippen molar-refractivity contribution in [3.8, 4) is 0 Å². The van der Waals surface area contributed by atoms with Gasteiger partial charge in [0.25, 0.3) is 11.8 Å². The average Bonchev–Trinajstić information content (AvgIpc) is 2.70. The number of amides is 2. The highest BCUT2D eigenvalue weighted by Crippen LogP contribution is 2.30. The average molecular weight is 389 g/mol. The zero-order chi connectivity index (χ0) is 20.3. The van der Waals surface area contributed by atoms with Gasteiger partial charge in [-0.2, -0.15) is 0 Å². The largest absolute Gasteiger partial charge is 0.381 e. The van der Waals surface area contributed by atoms with E-state index in [1.54, 1.807) is 7.11 Å². The van der Waals surface area contributed by atoms with Gasteiger partial charge in [0.2, 0.25) is 0 Å². The molecule has 0 aromatic heterocycles. The van der Waals surface area contributed by atoms with Crippen LogP contribution >= 0.6 is 0 Å². The van der Waals surface area contributed by atoms with Crippen LogP contribution in [0, 0.1) is 0 Å². The SMILES string of the molecule is COCC(OC)C(=O)N1C2CCCC1CN(C(=O)c1ccc(C(C)C)cc1)C2. The van der Waals surface area contributed by atoms with Gasteiger partial charge in [0.15, 0.2) is 6.10 Å². The van der Waals surface area contributed by atoms with Crippen molar-refractivity contribution in [3.63, 3.8) is 0 Å². The molecular weight excluding hydrogens is 356 g/mol. The number of carbonyl (C=O) groups excluding carboxylic acids is 2. The number of likely N-dealkylation sites (tertiary alicyclic amines) is 1. The molecule has 3 rings (SSSR count). The fourth-order valence-electron chi connectivity index (χ4n) is 4.38. The summed E-state index contributed by atoms with van der Waals surface area (Å²) in [7, 11) is 3.11. The maximum Gasteiger partial charge on any atom is 0.254 e. The molecule has 6 heteroatoms. The standard InChI is InChI=1S/C22H32N2O4/c1-15(2)16-8-10-17(11-9-16)21(25)23-12-18-6-5-7-19(13-23)24(18)22(26)20(28-4)14-27-3/h8-11,15,18-20H,5-7,12-14H2,1-4H3. The van der Waals surface area contributed by atoms with Gasteiger partial charge in [0.05, 0.1) is 6.61 Å². The fraction of sp³-hybridized carbons (Fsp3) is 0.636. The predicted octanol–water partition coefficient (Wildman–Crippen LogP) is 2.68. The molecule has 1 aromatic carbocycles. The lowest BCUT2D eigenvalue weighted by atomic mass is 9.90. The van der Waals surface area contributed by atoms with Crippen molar-refractivity contribution >= 4 is 11.8 Å².